The molecule has 8 heteroatoms. The molecule has 2 aliphatic heterocycles. The lowest BCUT2D eigenvalue weighted by atomic mass is 10.0. The van der Waals surface area contributed by atoms with E-state index >= 15 is 0 Å². The van der Waals surface area contributed by atoms with Crippen LogP contribution in [0, 0.1) is 0 Å². The van der Waals surface area contributed by atoms with Crippen molar-refractivity contribution in [3.8, 4) is 0 Å². The second kappa shape index (κ2) is 11.7. The Kier molecular flexibility index (Phi) is 7.51. The molecule has 0 unspecified atom stereocenters. The van der Waals surface area contributed by atoms with Crippen LogP contribution in [0.5, 0.6) is 0 Å². The van der Waals surface area contributed by atoms with E-state index in [0.717, 1.165) is 0 Å². The summed E-state index contributed by atoms with van der Waals surface area (Å²) < 4.78 is 0. The number of benzene rings is 4. The maximum absolute atomic E-state index is 14.0. The zero-order valence-electron chi connectivity index (χ0n) is 23.0. The van der Waals surface area contributed by atoms with Gasteiger partial charge in [-0.1, -0.05) is 72.8 Å². The average Bonchev–Trinajstić information content (AvgIpc) is 3.07. The highest BCUT2D eigenvalue weighted by Gasteiger charge is 2.52. The third-order valence-electron chi connectivity index (χ3n) is 7.83. The molecular weight excluding hydrogens is 528 g/mol. The average molecular weight is 559 g/mol. The molecular formula is C34H30N4O4. The fraction of sp³-hybridized carbons (Fsp3) is 0.176. The van der Waals surface area contributed by atoms with Crippen LogP contribution in [0.1, 0.15) is 41.4 Å². The predicted molar refractivity (Wildman–Crippen MR) is 157 cm³/mol. The Bertz CT molecular complexity index is 1340. The first-order chi connectivity index (χ1) is 20.5. The van der Waals surface area contributed by atoms with Gasteiger partial charge in [0.25, 0.3) is 23.6 Å². The number of hydrogen-bond acceptors (Lipinski definition) is 4. The Hall–Kier alpha value is -5.24. The van der Waals surface area contributed by atoms with Gasteiger partial charge in [0.15, 0.2) is 0 Å². The lowest BCUT2D eigenvalue weighted by Crippen LogP contribution is -2.76. The summed E-state index contributed by atoms with van der Waals surface area (Å²) >= 11 is 0. The Morgan fingerprint density at radius 3 is 0.738 bits per heavy atom. The van der Waals surface area contributed by atoms with Crippen molar-refractivity contribution in [1.29, 1.82) is 0 Å². The summed E-state index contributed by atoms with van der Waals surface area (Å²) in [5, 5.41) is 0. The molecule has 8 nitrogen and oxygen atoms in total. The first-order valence-electron chi connectivity index (χ1n) is 14.0. The highest BCUT2D eigenvalue weighted by Crippen LogP contribution is 2.32. The molecule has 0 aromatic heterocycles. The fourth-order valence-electron chi connectivity index (χ4n) is 5.81. The van der Waals surface area contributed by atoms with E-state index in [2.05, 4.69) is 0 Å². The molecule has 0 atom stereocenters. The summed E-state index contributed by atoms with van der Waals surface area (Å²) in [6.45, 7) is 0.775. The van der Waals surface area contributed by atoms with E-state index in [4.69, 9.17) is 0 Å². The molecule has 0 saturated carbocycles. The monoisotopic (exact) mass is 558 g/mol. The van der Waals surface area contributed by atoms with Crippen LogP contribution in [0.3, 0.4) is 0 Å². The SMILES string of the molecule is O=C(c1ccccc1)N1CCN(C(=O)c2ccccc2)C2C1N(C(=O)c1ccccc1)CCN2C(=O)c1ccccc1. The van der Waals surface area contributed by atoms with Crippen molar-refractivity contribution < 1.29 is 19.2 Å². The molecule has 2 aliphatic rings. The number of carbonyl (C=O) groups is 4. The molecule has 6 rings (SSSR count). The van der Waals surface area contributed by atoms with E-state index < -0.39 is 12.3 Å². The van der Waals surface area contributed by atoms with Gasteiger partial charge in [-0.3, -0.25) is 19.2 Å². The minimum Gasteiger partial charge on any atom is -0.312 e. The number of hydrogen-bond donors (Lipinski definition) is 0. The molecule has 2 saturated heterocycles. The van der Waals surface area contributed by atoms with Crippen molar-refractivity contribution in [3.05, 3.63) is 144 Å². The van der Waals surface area contributed by atoms with Crippen molar-refractivity contribution in [1.82, 2.24) is 19.6 Å². The molecule has 0 bridgehead atoms. The van der Waals surface area contributed by atoms with Crippen LogP contribution in [0.25, 0.3) is 0 Å². The van der Waals surface area contributed by atoms with Gasteiger partial charge in [-0.05, 0) is 48.5 Å². The largest absolute Gasteiger partial charge is 0.312 e. The summed E-state index contributed by atoms with van der Waals surface area (Å²) in [5.74, 6) is -1.07. The molecule has 0 spiro atoms. The maximum Gasteiger partial charge on any atom is 0.255 e. The number of nitrogens with zero attached hydrogens (tertiary/aromatic N) is 4. The summed E-state index contributed by atoms with van der Waals surface area (Å²) in [4.78, 5) is 62.7. The molecule has 42 heavy (non-hydrogen) atoms. The normalized spacial score (nSPS) is 18.3. The van der Waals surface area contributed by atoms with E-state index in [1.54, 1.807) is 117 Å². The summed E-state index contributed by atoms with van der Waals surface area (Å²) in [7, 11) is 0. The zero-order chi connectivity index (χ0) is 29.1. The van der Waals surface area contributed by atoms with Crippen LogP contribution in [0.4, 0.5) is 0 Å². The first-order valence-corrected chi connectivity index (χ1v) is 14.0. The van der Waals surface area contributed by atoms with Crippen LogP contribution in [-0.2, 0) is 0 Å². The van der Waals surface area contributed by atoms with Crippen LogP contribution in [0.15, 0.2) is 121 Å². The van der Waals surface area contributed by atoms with Crippen molar-refractivity contribution in [2.45, 2.75) is 12.3 Å². The Morgan fingerprint density at radius 2 is 0.548 bits per heavy atom. The molecule has 4 amide bonds. The van der Waals surface area contributed by atoms with E-state index in [1.165, 1.54) is 0 Å². The van der Waals surface area contributed by atoms with Gasteiger partial charge in [0.2, 0.25) is 0 Å². The van der Waals surface area contributed by atoms with Crippen molar-refractivity contribution in [2.24, 2.45) is 0 Å². The van der Waals surface area contributed by atoms with Gasteiger partial charge < -0.3 is 19.6 Å². The minimum atomic E-state index is -0.909. The third-order valence-corrected chi connectivity index (χ3v) is 7.83. The standard InChI is InChI=1S/C34H30N4O4/c39-31(25-13-5-1-6-14-25)35-21-22-37(33(41)27-17-9-3-10-18-27)30-29(35)36(32(40)26-15-7-2-8-16-26)23-24-38(30)34(42)28-19-11-4-12-20-28/h1-20,29-30H,21-24H2. The number of carbonyl (C=O) groups excluding carboxylic acids is 4. The van der Waals surface area contributed by atoms with Gasteiger partial charge in [0.05, 0.1) is 0 Å². The van der Waals surface area contributed by atoms with E-state index in [1.807, 2.05) is 24.3 Å². The molecule has 0 N–H and O–H groups in total. The van der Waals surface area contributed by atoms with E-state index in [-0.39, 0.29) is 49.8 Å². The summed E-state index contributed by atoms with van der Waals surface area (Å²) in [5.41, 5.74) is 1.88. The van der Waals surface area contributed by atoms with Crippen molar-refractivity contribution >= 4 is 23.6 Å². The third kappa shape index (κ3) is 5.03. The van der Waals surface area contributed by atoms with Crippen LogP contribution < -0.4 is 0 Å². The maximum atomic E-state index is 14.0. The second-order valence-electron chi connectivity index (χ2n) is 10.3. The molecule has 4 aromatic rings. The van der Waals surface area contributed by atoms with Crippen LogP contribution in [-0.4, -0.2) is 81.7 Å². The lowest BCUT2D eigenvalue weighted by molar-refractivity contribution is -0.0996. The van der Waals surface area contributed by atoms with E-state index in [9.17, 15) is 19.2 Å². The molecule has 2 fully saturated rings. The fourth-order valence-corrected chi connectivity index (χ4v) is 5.81. The van der Waals surface area contributed by atoms with Crippen molar-refractivity contribution in [2.75, 3.05) is 26.2 Å². The van der Waals surface area contributed by atoms with Gasteiger partial charge in [-0.25, -0.2) is 0 Å². The molecule has 0 radical (unpaired) electrons. The first kappa shape index (κ1) is 27.0. The summed E-state index contributed by atoms with van der Waals surface area (Å²) in [6.07, 6.45) is -1.82. The highest BCUT2D eigenvalue weighted by molar-refractivity contribution is 6.00. The molecule has 210 valence electrons. The van der Waals surface area contributed by atoms with Gasteiger partial charge in [0, 0.05) is 48.4 Å². The van der Waals surface area contributed by atoms with Crippen LogP contribution in [0.2, 0.25) is 0 Å². The van der Waals surface area contributed by atoms with Gasteiger partial charge in [-0.2, -0.15) is 0 Å². The molecule has 2 heterocycles. The Morgan fingerprint density at radius 1 is 0.357 bits per heavy atom. The number of piperazine rings is 2. The highest BCUT2D eigenvalue weighted by atomic mass is 16.2. The lowest BCUT2D eigenvalue weighted by Gasteiger charge is -2.57. The number of fused-ring (bicyclic) bond motifs is 1. The number of rotatable bonds is 4. The Balaban J connectivity index is 1.48. The Labute approximate surface area is 244 Å². The molecule has 4 aromatic carbocycles. The quantitative estimate of drug-likeness (QED) is 0.375. The topological polar surface area (TPSA) is 81.2 Å². The van der Waals surface area contributed by atoms with Crippen LogP contribution >= 0.6 is 0 Å². The van der Waals surface area contributed by atoms with E-state index in [0.29, 0.717) is 22.3 Å². The molecule has 0 aliphatic carbocycles. The smallest absolute Gasteiger partial charge is 0.255 e. The van der Waals surface area contributed by atoms with Gasteiger partial charge in [0.1, 0.15) is 12.3 Å². The minimum absolute atomic E-state index is 0.194. The second-order valence-corrected chi connectivity index (χ2v) is 10.3. The van der Waals surface area contributed by atoms with Crippen molar-refractivity contribution in [3.63, 3.8) is 0 Å². The number of amides is 4. The zero-order valence-corrected chi connectivity index (χ0v) is 23.0. The summed E-state index contributed by atoms with van der Waals surface area (Å²) in [6, 6.07) is 35.5. The van der Waals surface area contributed by atoms with Gasteiger partial charge in [-0.15, -0.1) is 0 Å². The van der Waals surface area contributed by atoms with Gasteiger partial charge >= 0.3 is 0 Å². The predicted octanol–water partition coefficient (Wildman–Crippen LogP) is 4.24.